The van der Waals surface area contributed by atoms with E-state index in [0.717, 1.165) is 44.3 Å². The zero-order chi connectivity index (χ0) is 35.9. The van der Waals surface area contributed by atoms with E-state index >= 15 is 0 Å². The standard InChI is InChI=1S/2C19H16ClNO4.Al.H2O/c2*1-11-15(16-9-14(24-2)7-8-17(16)21-11)10-18(22)25-19(23)12-3-5-13(20)6-4-12;;/h2*3-9,21H,10H2,1-2H3;;1H2. The summed E-state index contributed by atoms with van der Waals surface area (Å²) in [6.45, 7) is 3.74. The van der Waals surface area contributed by atoms with Crippen LogP contribution >= 0.6 is 23.2 Å². The third kappa shape index (κ3) is 10.0. The summed E-state index contributed by atoms with van der Waals surface area (Å²) in [6.07, 6.45) is -0.0311. The van der Waals surface area contributed by atoms with Crippen LogP contribution < -0.4 is 9.47 Å². The van der Waals surface area contributed by atoms with Crippen LogP contribution in [0.5, 0.6) is 11.5 Å². The van der Waals surface area contributed by atoms with Crippen molar-refractivity contribution in [2.24, 2.45) is 0 Å². The first-order valence-electron chi connectivity index (χ1n) is 15.3. The molecule has 52 heavy (non-hydrogen) atoms. The zero-order valence-corrected chi connectivity index (χ0v) is 31.3. The first-order chi connectivity index (χ1) is 23.9. The van der Waals surface area contributed by atoms with Crippen molar-refractivity contribution in [3.63, 3.8) is 0 Å². The second-order valence-electron chi connectivity index (χ2n) is 11.2. The molecule has 0 aliphatic rings. The highest BCUT2D eigenvalue weighted by Crippen LogP contribution is 2.28. The van der Waals surface area contributed by atoms with Crippen molar-refractivity contribution in [2.75, 3.05) is 14.2 Å². The average molecular weight is 761 g/mol. The van der Waals surface area contributed by atoms with Crippen molar-refractivity contribution in [1.82, 2.24) is 9.97 Å². The molecule has 4 aromatic carbocycles. The minimum Gasteiger partial charge on any atom is -0.497 e. The summed E-state index contributed by atoms with van der Waals surface area (Å²) in [7, 11) is 3.17. The molecule has 4 N–H and O–H groups in total. The minimum atomic E-state index is -0.697. The number of aromatic amines is 2. The van der Waals surface area contributed by atoms with Gasteiger partial charge in [-0.05, 0) is 110 Å². The fraction of sp³-hybridized carbons (Fsp3) is 0.158. The van der Waals surface area contributed by atoms with Crippen LogP contribution in [0, 0.1) is 13.8 Å². The molecule has 0 saturated heterocycles. The number of hydrogen-bond acceptors (Lipinski definition) is 8. The smallest absolute Gasteiger partial charge is 0.345 e. The van der Waals surface area contributed by atoms with Crippen molar-refractivity contribution in [2.45, 2.75) is 26.7 Å². The summed E-state index contributed by atoms with van der Waals surface area (Å²) in [5.74, 6) is -1.25. The molecule has 6 aromatic rings. The maximum absolute atomic E-state index is 12.2. The van der Waals surface area contributed by atoms with Crippen molar-refractivity contribution in [3.8, 4) is 11.5 Å². The second kappa shape index (κ2) is 18.4. The highest BCUT2D eigenvalue weighted by molar-refractivity contribution is 6.31. The highest BCUT2D eigenvalue weighted by atomic mass is 35.5. The number of ether oxygens (including phenoxy) is 4. The Morgan fingerprint density at radius 1 is 0.577 bits per heavy atom. The number of aromatic nitrogens is 2. The van der Waals surface area contributed by atoms with Crippen LogP contribution in [-0.4, -0.2) is 70.9 Å². The van der Waals surface area contributed by atoms with Crippen molar-refractivity contribution in [1.29, 1.82) is 0 Å². The van der Waals surface area contributed by atoms with Gasteiger partial charge in [0.15, 0.2) is 0 Å². The summed E-state index contributed by atoms with van der Waals surface area (Å²) >= 11 is 11.6. The number of rotatable bonds is 8. The lowest BCUT2D eigenvalue weighted by Crippen LogP contribution is -2.15. The molecule has 0 unspecified atom stereocenters. The van der Waals surface area contributed by atoms with Gasteiger partial charge in [0.25, 0.3) is 0 Å². The number of esters is 4. The topological polar surface area (TPSA) is 168 Å². The molecule has 0 fully saturated rings. The molecule has 0 saturated carbocycles. The van der Waals surface area contributed by atoms with Crippen LogP contribution in [0.3, 0.4) is 0 Å². The molecule has 0 aliphatic carbocycles. The van der Waals surface area contributed by atoms with E-state index in [1.165, 1.54) is 24.3 Å². The number of carbonyl (C=O) groups is 4. The van der Waals surface area contributed by atoms with Crippen molar-refractivity contribution >= 4 is 86.2 Å². The van der Waals surface area contributed by atoms with Gasteiger partial charge in [0.1, 0.15) is 11.5 Å². The van der Waals surface area contributed by atoms with E-state index in [1.807, 2.05) is 50.2 Å². The van der Waals surface area contributed by atoms with E-state index < -0.39 is 23.9 Å². The number of benzene rings is 4. The lowest BCUT2D eigenvalue weighted by molar-refractivity contribution is -0.138. The van der Waals surface area contributed by atoms with Gasteiger partial charge in [0.2, 0.25) is 0 Å². The Bertz CT molecular complexity index is 2060. The van der Waals surface area contributed by atoms with E-state index in [2.05, 4.69) is 9.97 Å². The molecular weight excluding hydrogens is 726 g/mol. The fourth-order valence-electron chi connectivity index (χ4n) is 5.29. The minimum absolute atomic E-state index is 0. The largest absolute Gasteiger partial charge is 0.497 e. The molecular formula is C38H34AlCl2N2O9. The summed E-state index contributed by atoms with van der Waals surface area (Å²) in [6, 6.07) is 23.5. The normalized spacial score (nSPS) is 10.3. The van der Waals surface area contributed by atoms with Crippen LogP contribution in [-0.2, 0) is 31.9 Å². The number of nitrogens with one attached hydrogen (secondary N) is 2. The van der Waals surface area contributed by atoms with Gasteiger partial charge < -0.3 is 34.4 Å². The summed E-state index contributed by atoms with van der Waals surface area (Å²) in [5.41, 5.74) is 5.59. The number of methoxy groups -OCH3 is 2. The number of halogens is 2. The molecule has 11 nitrogen and oxygen atoms in total. The summed E-state index contributed by atoms with van der Waals surface area (Å²) in [4.78, 5) is 54.9. The number of fused-ring (bicyclic) bond motifs is 2. The van der Waals surface area contributed by atoms with Crippen LogP contribution in [0.1, 0.15) is 43.2 Å². The lowest BCUT2D eigenvalue weighted by atomic mass is 10.1. The third-order valence-electron chi connectivity index (χ3n) is 7.87. The second-order valence-corrected chi connectivity index (χ2v) is 12.0. The molecule has 267 valence electrons. The third-order valence-corrected chi connectivity index (χ3v) is 8.37. The fourth-order valence-corrected chi connectivity index (χ4v) is 5.54. The molecule has 0 spiro atoms. The molecule has 6 rings (SSSR count). The van der Waals surface area contributed by atoms with Gasteiger partial charge in [-0.1, -0.05) is 23.2 Å². The van der Waals surface area contributed by atoms with E-state index in [4.69, 9.17) is 42.1 Å². The monoisotopic (exact) mass is 759 g/mol. The highest BCUT2D eigenvalue weighted by Gasteiger charge is 2.19. The lowest BCUT2D eigenvalue weighted by Gasteiger charge is -2.05. The molecule has 14 heteroatoms. The zero-order valence-electron chi connectivity index (χ0n) is 28.6. The predicted molar refractivity (Wildman–Crippen MR) is 200 cm³/mol. The Morgan fingerprint density at radius 3 is 1.25 bits per heavy atom. The number of aryl methyl sites for hydroxylation is 2. The molecule has 0 amide bonds. The van der Waals surface area contributed by atoms with Crippen molar-refractivity contribution < 1.29 is 43.6 Å². The Morgan fingerprint density at radius 2 is 0.923 bits per heavy atom. The van der Waals surface area contributed by atoms with Crippen LogP contribution in [0.15, 0.2) is 84.9 Å². The van der Waals surface area contributed by atoms with Gasteiger partial charge >= 0.3 is 23.9 Å². The van der Waals surface area contributed by atoms with Gasteiger partial charge in [-0.25, -0.2) is 9.59 Å². The SMILES string of the molecule is COc1ccc2[nH]c(C)c(CC(=O)OC(=O)c3ccc(Cl)cc3)c2c1.COc1ccc2[nH]c(C)c(CC(=O)OC(=O)c3ccc(Cl)cc3)c2c1.O.[Al]. The van der Waals surface area contributed by atoms with Gasteiger partial charge in [-0.3, -0.25) is 9.59 Å². The number of hydrogen-bond donors (Lipinski definition) is 2. The maximum atomic E-state index is 12.2. The number of H-pyrrole nitrogens is 2. The Labute approximate surface area is 319 Å². The molecule has 0 atom stereocenters. The molecule has 2 aromatic heterocycles. The molecule has 2 heterocycles. The first kappa shape index (κ1) is 41.3. The summed E-state index contributed by atoms with van der Waals surface area (Å²) < 4.78 is 20.3. The summed E-state index contributed by atoms with van der Waals surface area (Å²) in [5, 5.41) is 2.75. The van der Waals surface area contributed by atoms with Crippen LogP contribution in [0.25, 0.3) is 21.8 Å². The van der Waals surface area contributed by atoms with E-state index in [0.29, 0.717) is 21.5 Å². The Kier molecular flexibility index (Phi) is 14.6. The van der Waals surface area contributed by atoms with Gasteiger partial charge in [-0.15, -0.1) is 0 Å². The average Bonchev–Trinajstić information content (AvgIpc) is 3.58. The van der Waals surface area contributed by atoms with Gasteiger partial charge in [-0.2, -0.15) is 0 Å². The predicted octanol–water partition coefficient (Wildman–Crippen LogP) is 6.92. The Balaban J connectivity index is 0.000000270. The number of carbonyl (C=O) groups excluding carboxylic acids is 4. The van der Waals surface area contributed by atoms with E-state index in [-0.39, 0.29) is 46.8 Å². The molecule has 0 aliphatic heterocycles. The molecule has 3 radical (unpaired) electrons. The van der Waals surface area contributed by atoms with E-state index in [1.54, 1.807) is 38.5 Å². The maximum Gasteiger partial charge on any atom is 0.345 e. The van der Waals surface area contributed by atoms with E-state index in [9.17, 15) is 19.2 Å². The molecule has 0 bridgehead atoms. The Hall–Kier alpha value is -5.09. The van der Waals surface area contributed by atoms with Gasteiger partial charge in [0, 0.05) is 60.6 Å². The van der Waals surface area contributed by atoms with Crippen LogP contribution in [0.4, 0.5) is 0 Å². The quantitative estimate of drug-likeness (QED) is 0.0958. The van der Waals surface area contributed by atoms with Crippen LogP contribution in [0.2, 0.25) is 10.0 Å². The van der Waals surface area contributed by atoms with Crippen molar-refractivity contribution in [3.05, 3.63) is 129 Å². The van der Waals surface area contributed by atoms with Gasteiger partial charge in [0.05, 0.1) is 38.2 Å². The first-order valence-corrected chi connectivity index (χ1v) is 16.0.